The van der Waals surface area contributed by atoms with E-state index in [-0.39, 0.29) is 60.7 Å². The van der Waals surface area contributed by atoms with E-state index < -0.39 is 15.6 Å². The molecule has 0 saturated heterocycles. The fourth-order valence-electron chi connectivity index (χ4n) is 8.57. The van der Waals surface area contributed by atoms with E-state index in [0.717, 1.165) is 66.8 Å². The quantitative estimate of drug-likeness (QED) is 0.126. The first-order chi connectivity index (χ1) is 30.2. The maximum Gasteiger partial charge on any atom is 2.00 e. The van der Waals surface area contributed by atoms with Gasteiger partial charge in [-0.15, -0.1) is 0 Å². The summed E-state index contributed by atoms with van der Waals surface area (Å²) in [5.41, 5.74) is 10.0. The monoisotopic (exact) mass is 998 g/mol. The average molecular weight is 998 g/mol. The summed E-state index contributed by atoms with van der Waals surface area (Å²) < 4.78 is 49.5. The van der Waals surface area contributed by atoms with Crippen molar-refractivity contribution in [2.75, 3.05) is 0 Å². The molecule has 69 heavy (non-hydrogen) atoms. The number of hydrogen-bond donors (Lipinski definition) is 0. The second-order valence-electron chi connectivity index (χ2n) is 27.7. The molecule has 0 bridgehead atoms. The Hall–Kier alpha value is -3.01. The Bertz CT molecular complexity index is 2320. The normalized spacial score (nSPS) is 16.3. The molecule has 0 unspecified atom stereocenters. The molecule has 2 aliphatic heterocycles. The number of phosphoric acid groups is 2. The first-order valence-corrected chi connectivity index (χ1v) is 27.2. The molecule has 4 aromatic rings. The van der Waals surface area contributed by atoms with Crippen molar-refractivity contribution in [2.45, 2.75) is 222 Å². The molecular weight excluding hydrogens is 914 g/mol. The first kappa shape index (κ1) is 58.6. The second kappa shape index (κ2) is 18.8. The molecule has 8 nitrogen and oxygen atoms in total. The molecule has 0 aliphatic carbocycles. The molecular formula is C58H84AlO8P2. The molecule has 0 fully saturated rings. The largest absolute Gasteiger partial charge is 2.00 e. The third-order valence-corrected chi connectivity index (χ3v) is 14.6. The minimum atomic E-state index is -4.68. The Labute approximate surface area is 428 Å². The van der Waals surface area contributed by atoms with Crippen molar-refractivity contribution in [2.24, 2.45) is 0 Å². The molecule has 0 saturated carbocycles. The van der Waals surface area contributed by atoms with E-state index in [4.69, 9.17) is 18.1 Å². The van der Waals surface area contributed by atoms with Crippen LogP contribution in [0, 0.1) is 0 Å². The molecule has 0 atom stereocenters. The van der Waals surface area contributed by atoms with Gasteiger partial charge in [0.15, 0.2) is 0 Å². The molecule has 377 valence electrons. The van der Waals surface area contributed by atoms with E-state index in [1.54, 1.807) is 0 Å². The van der Waals surface area contributed by atoms with E-state index in [2.05, 4.69) is 215 Å². The van der Waals surface area contributed by atoms with Gasteiger partial charge in [-0.05, 0) is 87.8 Å². The molecule has 2 heterocycles. The van der Waals surface area contributed by atoms with Crippen molar-refractivity contribution < 1.29 is 37.0 Å². The zero-order chi connectivity index (χ0) is 52.1. The molecule has 0 amide bonds. The van der Waals surface area contributed by atoms with Crippen molar-refractivity contribution in [3.63, 3.8) is 0 Å². The van der Waals surface area contributed by atoms with Crippen LogP contribution in [0.5, 0.6) is 23.0 Å². The minimum Gasteiger partial charge on any atom is -0.736 e. The molecule has 4 aromatic carbocycles. The predicted octanol–water partition coefficient (Wildman–Crippen LogP) is 15.0. The van der Waals surface area contributed by atoms with Gasteiger partial charge >= 0.3 is 33.0 Å². The van der Waals surface area contributed by atoms with E-state index in [1.807, 2.05) is 0 Å². The summed E-state index contributed by atoms with van der Waals surface area (Å²) in [4.78, 5) is 26.5. The molecule has 0 aromatic heterocycles. The Balaban J connectivity index is 0.000000296. The first-order valence-electron chi connectivity index (χ1n) is 24.3. The summed E-state index contributed by atoms with van der Waals surface area (Å²) in [5, 5.41) is 0. The van der Waals surface area contributed by atoms with E-state index in [1.165, 1.54) is 0 Å². The van der Waals surface area contributed by atoms with Crippen molar-refractivity contribution in [1.29, 1.82) is 0 Å². The van der Waals surface area contributed by atoms with Gasteiger partial charge in [-0.25, -0.2) is 9.13 Å². The number of hydrogen-bond acceptors (Lipinski definition) is 8. The van der Waals surface area contributed by atoms with Crippen molar-refractivity contribution in [3.8, 4) is 23.0 Å². The van der Waals surface area contributed by atoms with Gasteiger partial charge in [-0.3, -0.25) is 0 Å². The maximum absolute atomic E-state index is 13.3. The number of phosphoric ester groups is 2. The van der Waals surface area contributed by atoms with Crippen molar-refractivity contribution >= 4 is 33.0 Å². The van der Waals surface area contributed by atoms with Crippen LogP contribution in [0.2, 0.25) is 0 Å². The average Bonchev–Trinajstić information content (AvgIpc) is 3.08. The fourth-order valence-corrected chi connectivity index (χ4v) is 10.4. The zero-order valence-electron chi connectivity index (χ0n) is 46.8. The Morgan fingerprint density at radius 1 is 0.319 bits per heavy atom. The standard InChI is InChI=1S/2C29H43O4P.Al/c2*1-26(2,3)20-14-18-13-19-15-21(27(4,5)6)17-23(29(10,11)12)25(19)33-34(30,31)32-24(18)22(16-20)28(7,8)9;/h2*14-17H,13H2,1-12H3,(H,30,31);/q;;+2/p-2. The molecule has 0 spiro atoms. The third kappa shape index (κ3) is 13.7. The number of fused-ring (bicyclic) bond motifs is 4. The van der Waals surface area contributed by atoms with Crippen LogP contribution in [0.3, 0.4) is 0 Å². The Morgan fingerprint density at radius 2 is 0.478 bits per heavy atom. The van der Waals surface area contributed by atoms with E-state index in [9.17, 15) is 18.9 Å². The predicted molar refractivity (Wildman–Crippen MR) is 284 cm³/mol. The molecule has 11 heteroatoms. The maximum atomic E-state index is 13.3. The van der Waals surface area contributed by atoms with Crippen LogP contribution < -0.4 is 27.9 Å². The molecule has 6 rings (SSSR count). The van der Waals surface area contributed by atoms with Gasteiger partial charge in [-0.2, -0.15) is 0 Å². The van der Waals surface area contributed by atoms with Gasteiger partial charge in [0.05, 0.1) is 0 Å². The molecule has 1 radical (unpaired) electrons. The summed E-state index contributed by atoms with van der Waals surface area (Å²) in [6.07, 6.45) is 1.06. The summed E-state index contributed by atoms with van der Waals surface area (Å²) in [6, 6.07) is 16.8. The van der Waals surface area contributed by atoms with Crippen LogP contribution in [0.1, 0.15) is 233 Å². The third-order valence-electron chi connectivity index (χ3n) is 12.9. The van der Waals surface area contributed by atoms with Gasteiger partial charge in [0.1, 0.15) is 23.0 Å². The van der Waals surface area contributed by atoms with Crippen molar-refractivity contribution in [1.82, 2.24) is 0 Å². The van der Waals surface area contributed by atoms with E-state index in [0.29, 0.717) is 35.8 Å². The van der Waals surface area contributed by atoms with Gasteiger partial charge in [0, 0.05) is 35.1 Å². The summed E-state index contributed by atoms with van der Waals surface area (Å²) >= 11 is 0. The fraction of sp³-hybridized carbons (Fsp3) is 0.586. The number of rotatable bonds is 0. The SMILES string of the molecule is CC(C)(C)c1cc2c(c(C(C)(C)C)c1)OP(=O)([O-])Oc1c(cc(C(C)(C)C)cc1C(C)(C)C)C2.CC(C)(C)c1cc2c(c(C(C)(C)C)c1)OP(=O)([O-])Oc1c(cc(C(C)(C)C)cc1C(C)(C)C)C2.[Al+2]. The van der Waals surface area contributed by atoms with Crippen molar-refractivity contribution in [3.05, 3.63) is 115 Å². The number of benzene rings is 4. The second-order valence-corrected chi connectivity index (χ2v) is 30.2. The van der Waals surface area contributed by atoms with Crippen LogP contribution in [0.15, 0.2) is 48.5 Å². The van der Waals surface area contributed by atoms with Crippen LogP contribution in [-0.4, -0.2) is 17.4 Å². The molecule has 0 N–H and O–H groups in total. The van der Waals surface area contributed by atoms with Crippen LogP contribution in [0.25, 0.3) is 0 Å². The zero-order valence-corrected chi connectivity index (χ0v) is 49.7. The van der Waals surface area contributed by atoms with Crippen LogP contribution >= 0.6 is 15.6 Å². The smallest absolute Gasteiger partial charge is 0.736 e. The summed E-state index contributed by atoms with van der Waals surface area (Å²) in [7, 11) is -9.35. The van der Waals surface area contributed by atoms with Crippen LogP contribution in [-0.2, 0) is 65.3 Å². The topological polar surface area (TPSA) is 117 Å². The summed E-state index contributed by atoms with van der Waals surface area (Å²) in [6.45, 7) is 51.1. The Kier molecular flexibility index (Phi) is 16.0. The van der Waals surface area contributed by atoms with Gasteiger partial charge in [0.25, 0.3) is 0 Å². The van der Waals surface area contributed by atoms with Crippen LogP contribution in [0.4, 0.5) is 0 Å². The summed E-state index contributed by atoms with van der Waals surface area (Å²) in [5.74, 6) is 1.62. The van der Waals surface area contributed by atoms with Gasteiger partial charge in [0.2, 0.25) is 0 Å². The van der Waals surface area contributed by atoms with E-state index >= 15 is 0 Å². The van der Waals surface area contributed by atoms with Gasteiger partial charge < -0.3 is 27.9 Å². The minimum absolute atomic E-state index is 0. The molecule has 2 aliphatic rings. The van der Waals surface area contributed by atoms with Gasteiger partial charge in [-0.1, -0.05) is 215 Å². The Morgan fingerprint density at radius 3 is 0.609 bits per heavy atom.